The van der Waals surface area contributed by atoms with E-state index >= 15 is 0 Å². The van der Waals surface area contributed by atoms with E-state index < -0.39 is 26.9 Å². The third kappa shape index (κ3) is 3.85. The monoisotopic (exact) mass is 391 g/mol. The molecule has 2 N–H and O–H groups in total. The number of pyridine rings is 1. The Morgan fingerprint density at radius 1 is 1.19 bits per heavy atom. The summed E-state index contributed by atoms with van der Waals surface area (Å²) in [5.41, 5.74) is 0.382. The normalized spacial score (nSPS) is 13.7. The van der Waals surface area contributed by atoms with Crippen molar-refractivity contribution in [2.24, 2.45) is 0 Å². The van der Waals surface area contributed by atoms with Crippen molar-refractivity contribution in [1.82, 2.24) is 15.6 Å². The number of likely N-dealkylation sites (N-methyl/N-ethyl adjacent to an activating group) is 1. The Morgan fingerprint density at radius 3 is 2.67 bits per heavy atom. The van der Waals surface area contributed by atoms with Gasteiger partial charge in [0.15, 0.2) is 21.3 Å². The molecule has 10 heteroatoms. The summed E-state index contributed by atoms with van der Waals surface area (Å²) in [5.74, 6) is -0.997. The van der Waals surface area contributed by atoms with Crippen molar-refractivity contribution in [3.8, 4) is 11.5 Å². The fourth-order valence-corrected chi connectivity index (χ4v) is 4.23. The van der Waals surface area contributed by atoms with Crippen LogP contribution in [0.5, 0.6) is 11.5 Å². The molecule has 0 bridgehead atoms. The zero-order valence-electron chi connectivity index (χ0n) is 14.3. The van der Waals surface area contributed by atoms with Crippen LogP contribution in [0.25, 0.3) is 0 Å². The molecule has 0 saturated carbocycles. The molecule has 1 atom stereocenters. The first kappa shape index (κ1) is 18.6. The molecule has 0 spiro atoms. The van der Waals surface area contributed by atoms with Crippen LogP contribution < -0.4 is 20.1 Å². The van der Waals surface area contributed by atoms with Gasteiger partial charge in [-0.15, -0.1) is 0 Å². The molecule has 2 amide bonds. The third-order valence-electron chi connectivity index (χ3n) is 3.98. The summed E-state index contributed by atoms with van der Waals surface area (Å²) < 4.78 is 36.9. The fourth-order valence-electron chi connectivity index (χ4n) is 2.57. The molecule has 0 saturated heterocycles. The van der Waals surface area contributed by atoms with Gasteiger partial charge in [-0.1, -0.05) is 6.07 Å². The summed E-state index contributed by atoms with van der Waals surface area (Å²) in [5, 5.41) is 3.39. The van der Waals surface area contributed by atoms with Crippen LogP contribution in [-0.2, 0) is 19.4 Å². The highest BCUT2D eigenvalue weighted by molar-refractivity contribution is 7.91. The zero-order chi connectivity index (χ0) is 19.4. The number of nitrogens with one attached hydrogen (secondary N) is 2. The number of aromatic nitrogens is 1. The number of carbonyl (C=O) groups is 2. The number of ether oxygens (including phenoxy) is 2. The van der Waals surface area contributed by atoms with Crippen molar-refractivity contribution in [1.29, 1.82) is 0 Å². The van der Waals surface area contributed by atoms with Gasteiger partial charge in [-0.3, -0.25) is 14.6 Å². The van der Waals surface area contributed by atoms with Gasteiger partial charge in [-0.25, -0.2) is 8.42 Å². The van der Waals surface area contributed by atoms with Gasteiger partial charge >= 0.3 is 11.8 Å². The van der Waals surface area contributed by atoms with Crippen molar-refractivity contribution >= 4 is 21.7 Å². The van der Waals surface area contributed by atoms with Crippen molar-refractivity contribution in [2.45, 2.75) is 10.1 Å². The predicted octanol–water partition coefficient (Wildman–Crippen LogP) is 0.188. The van der Waals surface area contributed by atoms with Gasteiger partial charge < -0.3 is 20.1 Å². The Hall–Kier alpha value is -3.14. The highest BCUT2D eigenvalue weighted by Gasteiger charge is 2.32. The molecule has 142 valence electrons. The number of fused-ring (bicyclic) bond motifs is 1. The minimum absolute atomic E-state index is 0.00907. The molecule has 1 aromatic heterocycles. The number of rotatable bonds is 5. The van der Waals surface area contributed by atoms with Crippen LogP contribution in [-0.4, -0.2) is 45.6 Å². The van der Waals surface area contributed by atoms with Gasteiger partial charge in [-0.2, -0.15) is 0 Å². The molecule has 27 heavy (non-hydrogen) atoms. The van der Waals surface area contributed by atoms with Crippen LogP contribution in [0.3, 0.4) is 0 Å². The summed E-state index contributed by atoms with van der Waals surface area (Å²) in [6.45, 7) is -0.276. The lowest BCUT2D eigenvalue weighted by atomic mass is 10.2. The Kier molecular flexibility index (Phi) is 5.26. The second-order valence-electron chi connectivity index (χ2n) is 5.62. The summed E-state index contributed by atoms with van der Waals surface area (Å²) in [4.78, 5) is 27.1. The van der Waals surface area contributed by atoms with Gasteiger partial charge in [0.1, 0.15) is 5.25 Å². The number of amides is 2. The Morgan fingerprint density at radius 2 is 1.96 bits per heavy atom. The van der Waals surface area contributed by atoms with E-state index in [1.807, 2.05) is 0 Å². The zero-order valence-corrected chi connectivity index (χ0v) is 15.2. The van der Waals surface area contributed by atoms with E-state index in [9.17, 15) is 18.0 Å². The van der Waals surface area contributed by atoms with Gasteiger partial charge in [0.25, 0.3) is 0 Å². The number of nitrogens with zero attached hydrogens (tertiary/aromatic N) is 1. The van der Waals surface area contributed by atoms with Crippen molar-refractivity contribution in [3.63, 3.8) is 0 Å². The lowest BCUT2D eigenvalue weighted by Gasteiger charge is -2.18. The summed E-state index contributed by atoms with van der Waals surface area (Å²) in [6.07, 6.45) is 2.91. The highest BCUT2D eigenvalue weighted by Crippen LogP contribution is 2.37. The Labute approximate surface area is 155 Å². The molecular formula is C17H17N3O6S. The quantitative estimate of drug-likeness (QED) is 0.697. The topological polar surface area (TPSA) is 124 Å². The Balaban J connectivity index is 1.94. The molecule has 1 aromatic carbocycles. The van der Waals surface area contributed by atoms with Crippen LogP contribution in [0, 0.1) is 0 Å². The maximum atomic E-state index is 13.2. The molecule has 2 heterocycles. The molecular weight excluding hydrogens is 374 g/mol. The SMILES string of the molecule is CNC(=O)C(=O)NC[C@H](c1cccnc1)S(=O)(=O)c1ccc2c(c1)OCO2. The van der Waals surface area contributed by atoms with Crippen molar-refractivity contribution in [2.75, 3.05) is 20.4 Å². The minimum Gasteiger partial charge on any atom is -0.454 e. The van der Waals surface area contributed by atoms with Crippen LogP contribution in [0.15, 0.2) is 47.6 Å². The average molecular weight is 391 g/mol. The van der Waals surface area contributed by atoms with E-state index in [2.05, 4.69) is 15.6 Å². The largest absolute Gasteiger partial charge is 0.454 e. The van der Waals surface area contributed by atoms with Crippen LogP contribution in [0.2, 0.25) is 0 Å². The van der Waals surface area contributed by atoms with E-state index in [-0.39, 0.29) is 18.2 Å². The molecule has 0 unspecified atom stereocenters. The van der Waals surface area contributed by atoms with Gasteiger partial charge in [-0.05, 0) is 23.8 Å². The second kappa shape index (κ2) is 7.62. The average Bonchev–Trinajstić information content (AvgIpc) is 3.15. The molecule has 0 fully saturated rings. The standard InChI is InChI=1S/C17H17N3O6S/c1-18-16(21)17(22)20-9-15(11-3-2-6-19-8-11)27(23,24)12-4-5-13-14(7-12)26-10-25-13/h2-8,15H,9-10H2,1H3,(H,18,21)(H,20,22)/t15-/m1/s1. The lowest BCUT2D eigenvalue weighted by Crippen LogP contribution is -2.41. The minimum atomic E-state index is -3.93. The van der Waals surface area contributed by atoms with Crippen LogP contribution >= 0.6 is 0 Å². The van der Waals surface area contributed by atoms with E-state index in [0.29, 0.717) is 17.1 Å². The van der Waals surface area contributed by atoms with E-state index in [1.165, 1.54) is 37.6 Å². The van der Waals surface area contributed by atoms with Crippen LogP contribution in [0.4, 0.5) is 0 Å². The Bertz CT molecular complexity index is 962. The number of sulfone groups is 1. The first-order valence-electron chi connectivity index (χ1n) is 7.97. The number of hydrogen-bond acceptors (Lipinski definition) is 7. The molecule has 1 aliphatic rings. The smallest absolute Gasteiger partial charge is 0.309 e. The molecule has 0 radical (unpaired) electrons. The number of benzene rings is 1. The van der Waals surface area contributed by atoms with Crippen molar-refractivity contribution in [3.05, 3.63) is 48.3 Å². The maximum absolute atomic E-state index is 13.2. The van der Waals surface area contributed by atoms with Gasteiger partial charge in [0, 0.05) is 32.1 Å². The fraction of sp³-hybridized carbons (Fsp3) is 0.235. The van der Waals surface area contributed by atoms with Gasteiger partial charge in [0.05, 0.1) is 4.90 Å². The second-order valence-corrected chi connectivity index (χ2v) is 7.75. The molecule has 0 aliphatic carbocycles. The molecule has 2 aromatic rings. The molecule has 1 aliphatic heterocycles. The van der Waals surface area contributed by atoms with E-state index in [0.717, 1.165) is 0 Å². The number of hydrogen-bond donors (Lipinski definition) is 2. The predicted molar refractivity (Wildman–Crippen MR) is 93.8 cm³/mol. The van der Waals surface area contributed by atoms with Gasteiger partial charge in [0.2, 0.25) is 6.79 Å². The van der Waals surface area contributed by atoms with Crippen molar-refractivity contribution < 1.29 is 27.5 Å². The van der Waals surface area contributed by atoms with E-state index in [4.69, 9.17) is 9.47 Å². The first-order chi connectivity index (χ1) is 12.9. The molecule has 3 rings (SSSR count). The third-order valence-corrected chi connectivity index (χ3v) is 6.08. The molecule has 9 nitrogen and oxygen atoms in total. The first-order valence-corrected chi connectivity index (χ1v) is 9.51. The summed E-state index contributed by atoms with van der Waals surface area (Å²) >= 11 is 0. The lowest BCUT2D eigenvalue weighted by molar-refractivity contribution is -0.138. The summed E-state index contributed by atoms with van der Waals surface area (Å²) in [7, 11) is -2.62. The van der Waals surface area contributed by atoms with E-state index in [1.54, 1.807) is 12.1 Å². The highest BCUT2D eigenvalue weighted by atomic mass is 32.2. The van der Waals surface area contributed by atoms with Crippen LogP contribution in [0.1, 0.15) is 10.8 Å². The maximum Gasteiger partial charge on any atom is 0.309 e. The number of carbonyl (C=O) groups excluding carboxylic acids is 2. The summed E-state index contributed by atoms with van der Waals surface area (Å²) in [6, 6.07) is 7.49.